The van der Waals surface area contributed by atoms with Crippen LogP contribution in [0.2, 0.25) is 0 Å². The van der Waals surface area contributed by atoms with Gasteiger partial charge in [-0.05, 0) is 98.2 Å². The Morgan fingerprint density at radius 1 is 1.16 bits per heavy atom. The Kier molecular flexibility index (Phi) is 6.31. The molecule has 0 N–H and O–H groups in total. The molecule has 0 bridgehead atoms. The van der Waals surface area contributed by atoms with Gasteiger partial charge in [-0.15, -0.1) is 0 Å². The minimum absolute atomic E-state index is 0.0759. The standard InChI is InChI=1S/C27H42O4/c1-17(6-11-25(29)30-5)22-9-10-23-21-8-7-19-16-20(31-18(2)28)12-14-26(19,3)24(21)13-15-27(22,23)4/h13,17,19-23H,6-12,14-16H2,1-5H3. The van der Waals surface area contributed by atoms with Crippen molar-refractivity contribution >= 4 is 11.9 Å². The van der Waals surface area contributed by atoms with E-state index < -0.39 is 0 Å². The molecule has 4 nitrogen and oxygen atoms in total. The molecule has 4 aliphatic rings. The first-order valence-corrected chi connectivity index (χ1v) is 12.6. The van der Waals surface area contributed by atoms with E-state index in [1.165, 1.54) is 46.1 Å². The quantitative estimate of drug-likeness (QED) is 0.391. The van der Waals surface area contributed by atoms with Crippen LogP contribution in [0.1, 0.15) is 91.9 Å². The first-order valence-electron chi connectivity index (χ1n) is 12.6. The number of fused-ring (bicyclic) bond motifs is 5. The lowest BCUT2D eigenvalue weighted by atomic mass is 9.48. The molecule has 0 radical (unpaired) electrons. The predicted molar refractivity (Wildman–Crippen MR) is 121 cm³/mol. The SMILES string of the molecule is COC(=O)CCC(C)C1CCC2C3CCC4CC(OC(C)=O)CCC4(C)C3=CCC12C. The molecule has 8 unspecified atom stereocenters. The van der Waals surface area contributed by atoms with E-state index in [1.54, 1.807) is 5.57 Å². The Bertz CT molecular complexity index is 742. The van der Waals surface area contributed by atoms with Gasteiger partial charge in [-0.2, -0.15) is 0 Å². The minimum atomic E-state index is -0.131. The van der Waals surface area contributed by atoms with E-state index in [4.69, 9.17) is 9.47 Å². The molecule has 0 amide bonds. The number of methoxy groups -OCH3 is 1. The van der Waals surface area contributed by atoms with Gasteiger partial charge < -0.3 is 9.47 Å². The number of carbonyl (C=O) groups is 2. The highest BCUT2D eigenvalue weighted by Crippen LogP contribution is 2.66. The third kappa shape index (κ3) is 3.97. The zero-order chi connectivity index (χ0) is 22.4. The summed E-state index contributed by atoms with van der Waals surface area (Å²) in [5, 5.41) is 0. The van der Waals surface area contributed by atoms with Crippen LogP contribution in [0.4, 0.5) is 0 Å². The van der Waals surface area contributed by atoms with Crippen molar-refractivity contribution in [3.8, 4) is 0 Å². The lowest BCUT2D eigenvalue weighted by Crippen LogP contribution is -2.49. The minimum Gasteiger partial charge on any atom is -0.469 e. The fourth-order valence-electron chi connectivity index (χ4n) is 8.45. The van der Waals surface area contributed by atoms with Crippen LogP contribution >= 0.6 is 0 Å². The largest absolute Gasteiger partial charge is 0.469 e. The van der Waals surface area contributed by atoms with Crippen molar-refractivity contribution in [2.45, 2.75) is 98.0 Å². The van der Waals surface area contributed by atoms with Gasteiger partial charge in [0.15, 0.2) is 0 Å². The van der Waals surface area contributed by atoms with Crippen LogP contribution in [-0.4, -0.2) is 25.2 Å². The topological polar surface area (TPSA) is 52.6 Å². The third-order valence-corrected chi connectivity index (χ3v) is 10.1. The van der Waals surface area contributed by atoms with Gasteiger partial charge in [-0.25, -0.2) is 0 Å². The van der Waals surface area contributed by atoms with Crippen LogP contribution in [0.5, 0.6) is 0 Å². The third-order valence-electron chi connectivity index (χ3n) is 10.1. The van der Waals surface area contributed by atoms with Gasteiger partial charge in [0, 0.05) is 13.3 Å². The maximum absolute atomic E-state index is 11.7. The number of ether oxygens (including phenoxy) is 2. The number of hydrogen-bond acceptors (Lipinski definition) is 4. The zero-order valence-corrected chi connectivity index (χ0v) is 20.2. The normalized spacial score (nSPS) is 42.5. The Labute approximate surface area is 188 Å². The first-order chi connectivity index (χ1) is 14.7. The van der Waals surface area contributed by atoms with Crippen molar-refractivity contribution < 1.29 is 19.1 Å². The molecule has 0 aromatic carbocycles. The summed E-state index contributed by atoms with van der Waals surface area (Å²) in [5.74, 6) is 3.21. The second-order valence-electron chi connectivity index (χ2n) is 11.6. The molecule has 3 saturated carbocycles. The van der Waals surface area contributed by atoms with E-state index in [2.05, 4.69) is 26.8 Å². The Balaban J connectivity index is 1.50. The molecule has 0 spiro atoms. The van der Waals surface area contributed by atoms with E-state index in [0.717, 1.165) is 37.5 Å². The zero-order valence-electron chi connectivity index (χ0n) is 20.2. The average Bonchev–Trinajstić information content (AvgIpc) is 3.09. The van der Waals surface area contributed by atoms with E-state index in [-0.39, 0.29) is 23.5 Å². The van der Waals surface area contributed by atoms with Crippen molar-refractivity contribution in [1.82, 2.24) is 0 Å². The summed E-state index contributed by atoms with van der Waals surface area (Å²) in [6.07, 6.45) is 13.8. The van der Waals surface area contributed by atoms with Crippen LogP contribution in [0.25, 0.3) is 0 Å². The summed E-state index contributed by atoms with van der Waals surface area (Å²) in [7, 11) is 1.49. The highest BCUT2D eigenvalue weighted by atomic mass is 16.5. The fourth-order valence-corrected chi connectivity index (χ4v) is 8.45. The monoisotopic (exact) mass is 430 g/mol. The van der Waals surface area contributed by atoms with Crippen molar-refractivity contribution in [1.29, 1.82) is 0 Å². The highest BCUT2D eigenvalue weighted by molar-refractivity contribution is 5.69. The lowest BCUT2D eigenvalue weighted by molar-refractivity contribution is -0.151. The molecule has 3 fully saturated rings. The van der Waals surface area contributed by atoms with Crippen LogP contribution in [0.3, 0.4) is 0 Å². The average molecular weight is 431 g/mol. The molecule has 174 valence electrons. The van der Waals surface area contributed by atoms with Crippen LogP contribution in [0.15, 0.2) is 11.6 Å². The van der Waals surface area contributed by atoms with Gasteiger partial charge in [0.25, 0.3) is 0 Å². The Morgan fingerprint density at radius 3 is 2.65 bits per heavy atom. The van der Waals surface area contributed by atoms with Crippen LogP contribution in [-0.2, 0) is 19.1 Å². The van der Waals surface area contributed by atoms with Gasteiger partial charge in [-0.1, -0.05) is 32.4 Å². The molecule has 8 atom stereocenters. The summed E-state index contributed by atoms with van der Waals surface area (Å²) in [6.45, 7) is 8.95. The molecule has 0 aliphatic heterocycles. The van der Waals surface area contributed by atoms with Crippen molar-refractivity contribution in [3.63, 3.8) is 0 Å². The number of esters is 2. The molecule has 0 heterocycles. The molecule has 4 rings (SSSR count). The number of hydrogen-bond donors (Lipinski definition) is 0. The summed E-state index contributed by atoms with van der Waals surface area (Å²) in [4.78, 5) is 23.1. The van der Waals surface area contributed by atoms with Crippen LogP contribution in [0, 0.1) is 40.4 Å². The van der Waals surface area contributed by atoms with Crippen molar-refractivity contribution in [3.05, 3.63) is 11.6 Å². The van der Waals surface area contributed by atoms with Gasteiger partial charge in [0.2, 0.25) is 0 Å². The van der Waals surface area contributed by atoms with E-state index >= 15 is 0 Å². The first kappa shape index (κ1) is 22.9. The second-order valence-corrected chi connectivity index (χ2v) is 11.6. The second kappa shape index (κ2) is 8.56. The van der Waals surface area contributed by atoms with Gasteiger partial charge in [0.05, 0.1) is 7.11 Å². The molecule has 4 aliphatic carbocycles. The molecule has 4 heteroatoms. The molecule has 0 saturated heterocycles. The number of allylic oxidation sites excluding steroid dienone is 2. The Hall–Kier alpha value is -1.32. The van der Waals surface area contributed by atoms with Crippen molar-refractivity contribution in [2.24, 2.45) is 40.4 Å². The van der Waals surface area contributed by atoms with E-state index in [9.17, 15) is 9.59 Å². The summed E-state index contributed by atoms with van der Waals surface area (Å²) in [6, 6.07) is 0. The lowest BCUT2D eigenvalue weighted by Gasteiger charge is -2.57. The molecule has 0 aromatic rings. The van der Waals surface area contributed by atoms with Gasteiger partial charge in [0.1, 0.15) is 6.10 Å². The molecule has 0 aromatic heterocycles. The van der Waals surface area contributed by atoms with Crippen LogP contribution < -0.4 is 0 Å². The summed E-state index contributed by atoms with van der Waals surface area (Å²) in [5.41, 5.74) is 2.40. The number of carbonyl (C=O) groups excluding carboxylic acids is 2. The van der Waals surface area contributed by atoms with E-state index in [0.29, 0.717) is 29.6 Å². The highest BCUT2D eigenvalue weighted by Gasteiger charge is 2.57. The van der Waals surface area contributed by atoms with Gasteiger partial charge >= 0.3 is 11.9 Å². The maximum atomic E-state index is 11.7. The maximum Gasteiger partial charge on any atom is 0.305 e. The van der Waals surface area contributed by atoms with Crippen molar-refractivity contribution in [2.75, 3.05) is 7.11 Å². The summed E-state index contributed by atoms with van der Waals surface area (Å²) >= 11 is 0. The molecular formula is C27H42O4. The molecular weight excluding hydrogens is 388 g/mol. The number of rotatable bonds is 5. The molecule has 31 heavy (non-hydrogen) atoms. The van der Waals surface area contributed by atoms with Gasteiger partial charge in [-0.3, -0.25) is 9.59 Å². The smallest absolute Gasteiger partial charge is 0.305 e. The Morgan fingerprint density at radius 2 is 1.94 bits per heavy atom. The van der Waals surface area contributed by atoms with E-state index in [1.807, 2.05) is 0 Å². The summed E-state index contributed by atoms with van der Waals surface area (Å²) < 4.78 is 10.5. The fraction of sp³-hybridized carbons (Fsp3) is 0.852. The predicted octanol–water partition coefficient (Wildman–Crippen LogP) is 6.09.